The highest BCUT2D eigenvalue weighted by Crippen LogP contribution is 2.30. The van der Waals surface area contributed by atoms with Gasteiger partial charge in [-0.3, -0.25) is 34.4 Å². The zero-order valence-electron chi connectivity index (χ0n) is 25.9. The topological polar surface area (TPSA) is 156 Å². The summed E-state index contributed by atoms with van der Waals surface area (Å²) in [6, 6.07) is 20.1. The standard InChI is InChI=1S/C36H32N6O6/c43-33-11-9-31(34(44)41-33)42-35(45)27-8-7-26(19-28(27)36(42)46)48-17-16-47-15-1-13-38-32-10-6-25(20-39-32)22-2-4-23(5-3-22)29-18-24-12-14-37-21-30(24)40-29/h2-8,10,12,14,18-21,31,40H,1,9,11,13,15-17H2,(H,38,39)(H,41,43,44). The van der Waals surface area contributed by atoms with E-state index >= 15 is 0 Å². The maximum Gasteiger partial charge on any atom is 0.262 e. The number of fused-ring (bicyclic) bond motifs is 2. The normalized spacial score (nSPS) is 15.9. The number of nitrogens with one attached hydrogen (secondary N) is 3. The van der Waals surface area contributed by atoms with Crippen molar-refractivity contribution in [3.63, 3.8) is 0 Å². The minimum absolute atomic E-state index is 0.0703. The molecule has 7 rings (SSSR count). The van der Waals surface area contributed by atoms with E-state index in [-0.39, 0.29) is 30.6 Å². The molecule has 1 fully saturated rings. The fraction of sp³-hybridized carbons (Fsp3) is 0.222. The van der Waals surface area contributed by atoms with Gasteiger partial charge in [-0.05, 0) is 66.4 Å². The molecule has 1 saturated heterocycles. The second kappa shape index (κ2) is 13.5. The molecule has 242 valence electrons. The van der Waals surface area contributed by atoms with E-state index in [9.17, 15) is 19.2 Å². The number of anilines is 1. The van der Waals surface area contributed by atoms with Crippen molar-refractivity contribution in [2.45, 2.75) is 25.3 Å². The Morgan fingerprint density at radius 2 is 1.65 bits per heavy atom. The molecular weight excluding hydrogens is 612 g/mol. The van der Waals surface area contributed by atoms with Gasteiger partial charge in [-0.25, -0.2) is 4.98 Å². The highest BCUT2D eigenvalue weighted by Gasteiger charge is 2.44. The van der Waals surface area contributed by atoms with Crippen LogP contribution in [0.4, 0.5) is 5.82 Å². The van der Waals surface area contributed by atoms with Crippen LogP contribution in [0.15, 0.2) is 85.3 Å². The lowest BCUT2D eigenvalue weighted by Crippen LogP contribution is -2.54. The van der Waals surface area contributed by atoms with Crippen LogP contribution in [0.25, 0.3) is 33.3 Å². The van der Waals surface area contributed by atoms with E-state index in [0.717, 1.165) is 50.4 Å². The first kappa shape index (κ1) is 30.8. The molecule has 4 amide bonds. The lowest BCUT2D eigenvalue weighted by atomic mass is 10.0. The van der Waals surface area contributed by atoms with Crippen molar-refractivity contribution < 1.29 is 28.7 Å². The van der Waals surface area contributed by atoms with E-state index < -0.39 is 29.7 Å². The van der Waals surface area contributed by atoms with Gasteiger partial charge in [-0.2, -0.15) is 0 Å². The number of hydrogen-bond acceptors (Lipinski definition) is 9. The third-order valence-corrected chi connectivity index (χ3v) is 8.40. The number of imide groups is 2. The number of aromatic nitrogens is 3. The number of carbonyl (C=O) groups excluding carboxylic acids is 4. The number of pyridine rings is 2. The van der Waals surface area contributed by atoms with Crippen LogP contribution in [-0.2, 0) is 14.3 Å². The molecule has 12 nitrogen and oxygen atoms in total. The van der Waals surface area contributed by atoms with Gasteiger partial charge in [0.25, 0.3) is 11.8 Å². The summed E-state index contributed by atoms with van der Waals surface area (Å²) in [4.78, 5) is 62.6. The number of piperidine rings is 1. The molecule has 1 unspecified atom stereocenters. The molecular formula is C36H32N6O6. The molecule has 2 aromatic carbocycles. The van der Waals surface area contributed by atoms with Gasteiger partial charge in [0.2, 0.25) is 11.8 Å². The van der Waals surface area contributed by atoms with Gasteiger partial charge in [-0.1, -0.05) is 24.3 Å². The van der Waals surface area contributed by atoms with Gasteiger partial charge in [-0.15, -0.1) is 0 Å². The average Bonchev–Trinajstić information content (AvgIpc) is 3.65. The van der Waals surface area contributed by atoms with E-state index in [1.54, 1.807) is 12.3 Å². The van der Waals surface area contributed by atoms with Crippen LogP contribution < -0.4 is 15.4 Å². The van der Waals surface area contributed by atoms with Gasteiger partial charge in [0.05, 0.1) is 29.4 Å². The summed E-state index contributed by atoms with van der Waals surface area (Å²) in [7, 11) is 0. The van der Waals surface area contributed by atoms with Gasteiger partial charge in [0.15, 0.2) is 0 Å². The Morgan fingerprint density at radius 1 is 0.833 bits per heavy atom. The van der Waals surface area contributed by atoms with Crippen LogP contribution in [0.3, 0.4) is 0 Å². The van der Waals surface area contributed by atoms with E-state index in [4.69, 9.17) is 9.47 Å². The molecule has 0 saturated carbocycles. The van der Waals surface area contributed by atoms with Crippen LogP contribution in [0.1, 0.15) is 40.0 Å². The van der Waals surface area contributed by atoms with Crippen LogP contribution in [-0.4, -0.2) is 75.9 Å². The van der Waals surface area contributed by atoms with Crippen molar-refractivity contribution in [2.75, 3.05) is 31.7 Å². The van der Waals surface area contributed by atoms with Crippen molar-refractivity contribution in [1.82, 2.24) is 25.2 Å². The maximum atomic E-state index is 13.0. The molecule has 0 bridgehead atoms. The Labute approximate surface area is 275 Å². The Balaban J connectivity index is 0.815. The monoisotopic (exact) mass is 644 g/mol. The van der Waals surface area contributed by atoms with Crippen molar-refractivity contribution in [1.29, 1.82) is 0 Å². The first-order valence-corrected chi connectivity index (χ1v) is 15.7. The number of hydrogen-bond donors (Lipinski definition) is 3. The smallest absolute Gasteiger partial charge is 0.262 e. The molecule has 3 N–H and O–H groups in total. The number of benzene rings is 2. The fourth-order valence-corrected chi connectivity index (χ4v) is 5.89. The number of nitrogens with zero attached hydrogens (tertiary/aromatic N) is 3. The number of amides is 4. The summed E-state index contributed by atoms with van der Waals surface area (Å²) in [6.45, 7) is 1.81. The van der Waals surface area contributed by atoms with Crippen molar-refractivity contribution in [2.24, 2.45) is 0 Å². The predicted octanol–water partition coefficient (Wildman–Crippen LogP) is 4.59. The SMILES string of the molecule is O=C1CCC(N2C(=O)c3ccc(OCCOCCCNc4ccc(-c5ccc(-c6cc7ccncc7[nH]6)cc5)cn4)cc3C2=O)C(=O)N1. The first-order valence-electron chi connectivity index (χ1n) is 15.7. The van der Waals surface area contributed by atoms with Gasteiger partial charge in [0, 0.05) is 48.6 Å². The van der Waals surface area contributed by atoms with Crippen LogP contribution in [0, 0.1) is 0 Å². The van der Waals surface area contributed by atoms with Crippen molar-refractivity contribution in [3.05, 3.63) is 96.4 Å². The Bertz CT molecular complexity index is 1970. The number of rotatable bonds is 12. The summed E-state index contributed by atoms with van der Waals surface area (Å²) >= 11 is 0. The molecule has 0 radical (unpaired) electrons. The molecule has 12 heteroatoms. The van der Waals surface area contributed by atoms with Crippen LogP contribution >= 0.6 is 0 Å². The van der Waals surface area contributed by atoms with Gasteiger partial charge < -0.3 is 19.8 Å². The lowest BCUT2D eigenvalue weighted by Gasteiger charge is -2.27. The number of carbonyl (C=O) groups is 4. The van der Waals surface area contributed by atoms with Crippen molar-refractivity contribution >= 4 is 40.3 Å². The lowest BCUT2D eigenvalue weighted by molar-refractivity contribution is -0.136. The number of ether oxygens (including phenoxy) is 2. The van der Waals surface area contributed by atoms with Crippen molar-refractivity contribution in [3.8, 4) is 28.1 Å². The largest absolute Gasteiger partial charge is 0.491 e. The average molecular weight is 645 g/mol. The molecule has 5 aromatic rings. The Hall–Kier alpha value is -5.88. The van der Waals surface area contributed by atoms with Gasteiger partial charge >= 0.3 is 0 Å². The molecule has 48 heavy (non-hydrogen) atoms. The third-order valence-electron chi connectivity index (χ3n) is 8.40. The number of aromatic amines is 1. The van der Waals surface area contributed by atoms with Crippen LogP contribution in [0.2, 0.25) is 0 Å². The summed E-state index contributed by atoms with van der Waals surface area (Å²) < 4.78 is 11.4. The number of H-pyrrole nitrogens is 1. The minimum atomic E-state index is -1.00. The first-order chi connectivity index (χ1) is 23.4. The quantitative estimate of drug-likeness (QED) is 0.131. The van der Waals surface area contributed by atoms with Gasteiger partial charge in [0.1, 0.15) is 24.2 Å². The molecule has 0 aliphatic carbocycles. The molecule has 0 spiro atoms. The molecule has 2 aliphatic heterocycles. The van der Waals surface area contributed by atoms with E-state index in [1.807, 2.05) is 30.6 Å². The zero-order valence-corrected chi connectivity index (χ0v) is 25.9. The molecule has 5 heterocycles. The summed E-state index contributed by atoms with van der Waals surface area (Å²) in [5.41, 5.74) is 5.66. The maximum absolute atomic E-state index is 13.0. The van der Waals surface area contributed by atoms with E-state index in [0.29, 0.717) is 25.5 Å². The second-order valence-corrected chi connectivity index (χ2v) is 11.6. The summed E-state index contributed by atoms with van der Waals surface area (Å²) in [5, 5.41) is 6.63. The highest BCUT2D eigenvalue weighted by atomic mass is 16.5. The van der Waals surface area contributed by atoms with E-state index in [1.165, 1.54) is 12.1 Å². The zero-order chi connectivity index (χ0) is 33.0. The predicted molar refractivity (Wildman–Crippen MR) is 177 cm³/mol. The molecule has 3 aromatic heterocycles. The fourth-order valence-electron chi connectivity index (χ4n) is 5.89. The third kappa shape index (κ3) is 6.38. The summed E-state index contributed by atoms with van der Waals surface area (Å²) in [5.74, 6) is -0.975. The second-order valence-electron chi connectivity index (χ2n) is 11.6. The van der Waals surface area contributed by atoms with Crippen LogP contribution in [0.5, 0.6) is 5.75 Å². The molecule has 1 atom stereocenters. The Morgan fingerprint density at radius 3 is 2.44 bits per heavy atom. The minimum Gasteiger partial charge on any atom is -0.491 e. The van der Waals surface area contributed by atoms with E-state index in [2.05, 4.69) is 55.9 Å². The summed E-state index contributed by atoms with van der Waals surface area (Å²) in [6.07, 6.45) is 6.42. The Kier molecular flexibility index (Phi) is 8.63. The molecule has 2 aliphatic rings. The highest BCUT2D eigenvalue weighted by molar-refractivity contribution is 6.23.